The molecule has 0 saturated carbocycles. The van der Waals surface area contributed by atoms with E-state index in [1.807, 2.05) is 6.92 Å². The summed E-state index contributed by atoms with van der Waals surface area (Å²) in [5.74, 6) is 0. The third kappa shape index (κ3) is 3.26. The van der Waals surface area contributed by atoms with Gasteiger partial charge in [0.2, 0.25) is 10.0 Å². The fourth-order valence-corrected chi connectivity index (χ4v) is 2.82. The van der Waals surface area contributed by atoms with Crippen LogP contribution in [0.25, 0.3) is 0 Å². The highest BCUT2D eigenvalue weighted by atomic mass is 32.2. The van der Waals surface area contributed by atoms with Crippen LogP contribution in [-0.2, 0) is 10.0 Å². The van der Waals surface area contributed by atoms with Gasteiger partial charge in [0, 0.05) is 0 Å². The number of nitrogens with one attached hydrogen (secondary N) is 1. The molecule has 1 unspecified atom stereocenters. The number of benzene rings is 1. The zero-order valence-electron chi connectivity index (χ0n) is 8.88. The predicted octanol–water partition coefficient (Wildman–Crippen LogP) is 1.03. The van der Waals surface area contributed by atoms with Crippen molar-refractivity contribution in [1.29, 1.82) is 0 Å². The zero-order valence-corrected chi connectivity index (χ0v) is 10.5. The summed E-state index contributed by atoms with van der Waals surface area (Å²) < 4.78 is 26.2. The summed E-state index contributed by atoms with van der Waals surface area (Å²) in [5.41, 5.74) is 5.44. The molecule has 4 nitrogen and oxygen atoms in total. The maximum Gasteiger partial charge on any atom is 0.241 e. The molecular formula is C10H14N2O2S2. The van der Waals surface area contributed by atoms with Crippen LogP contribution in [0.3, 0.4) is 0 Å². The fourth-order valence-electron chi connectivity index (χ4n) is 1.20. The monoisotopic (exact) mass is 258 g/mol. The van der Waals surface area contributed by atoms with Gasteiger partial charge in [-0.3, -0.25) is 0 Å². The standard InChI is InChI=1S/C10H14N2O2S2/c1-2-9(10(11)15)12-16(13,14)8-6-4-3-5-7-8/h3-7,9,12H,2H2,1H3,(H2,11,15). The molecule has 0 aromatic heterocycles. The van der Waals surface area contributed by atoms with Gasteiger partial charge in [-0.25, -0.2) is 13.1 Å². The summed E-state index contributed by atoms with van der Waals surface area (Å²) in [6.07, 6.45) is 0.529. The van der Waals surface area contributed by atoms with Crippen LogP contribution < -0.4 is 10.5 Å². The quantitative estimate of drug-likeness (QED) is 0.774. The minimum Gasteiger partial charge on any atom is -0.392 e. The minimum absolute atomic E-state index is 0.155. The molecule has 88 valence electrons. The smallest absolute Gasteiger partial charge is 0.241 e. The molecule has 0 amide bonds. The SMILES string of the molecule is CCC(NS(=O)(=O)c1ccccc1)C(N)=S. The summed E-state index contributed by atoms with van der Waals surface area (Å²) in [6, 6.07) is 7.62. The van der Waals surface area contributed by atoms with E-state index in [2.05, 4.69) is 4.72 Å². The molecule has 1 atom stereocenters. The Hall–Kier alpha value is -0.980. The van der Waals surface area contributed by atoms with E-state index < -0.39 is 16.1 Å². The Bertz CT molecular complexity index is 457. The normalized spacial score (nSPS) is 13.3. The van der Waals surface area contributed by atoms with Gasteiger partial charge in [-0.2, -0.15) is 0 Å². The first-order valence-corrected chi connectivity index (χ1v) is 6.73. The van der Waals surface area contributed by atoms with Crippen molar-refractivity contribution < 1.29 is 8.42 Å². The van der Waals surface area contributed by atoms with Crippen molar-refractivity contribution >= 4 is 27.2 Å². The average molecular weight is 258 g/mol. The van der Waals surface area contributed by atoms with Crippen LogP contribution in [0.4, 0.5) is 0 Å². The van der Waals surface area contributed by atoms with E-state index >= 15 is 0 Å². The van der Waals surface area contributed by atoms with Crippen molar-refractivity contribution in [3.63, 3.8) is 0 Å². The molecule has 1 rings (SSSR count). The molecule has 6 heteroatoms. The van der Waals surface area contributed by atoms with Gasteiger partial charge in [-0.05, 0) is 18.6 Å². The van der Waals surface area contributed by atoms with Crippen molar-refractivity contribution in [1.82, 2.24) is 4.72 Å². The van der Waals surface area contributed by atoms with Crippen LogP contribution in [0.1, 0.15) is 13.3 Å². The van der Waals surface area contributed by atoms with Gasteiger partial charge in [0.25, 0.3) is 0 Å². The second-order valence-electron chi connectivity index (χ2n) is 3.30. The molecule has 0 saturated heterocycles. The lowest BCUT2D eigenvalue weighted by atomic mass is 10.2. The molecule has 0 radical (unpaired) electrons. The molecule has 1 aromatic rings. The van der Waals surface area contributed by atoms with Crippen LogP contribution in [0.5, 0.6) is 0 Å². The predicted molar refractivity (Wildman–Crippen MR) is 67.6 cm³/mol. The van der Waals surface area contributed by atoms with Crippen LogP contribution in [0.2, 0.25) is 0 Å². The van der Waals surface area contributed by atoms with E-state index in [-0.39, 0.29) is 9.88 Å². The Labute approximate surface area is 101 Å². The van der Waals surface area contributed by atoms with Gasteiger partial charge in [0.1, 0.15) is 0 Å². The van der Waals surface area contributed by atoms with Gasteiger partial charge < -0.3 is 5.73 Å². The van der Waals surface area contributed by atoms with Gasteiger partial charge in [-0.15, -0.1) is 0 Å². The highest BCUT2D eigenvalue weighted by molar-refractivity contribution is 7.89. The molecule has 0 aliphatic carbocycles. The number of sulfonamides is 1. The molecule has 0 aliphatic heterocycles. The Balaban J connectivity index is 2.92. The van der Waals surface area contributed by atoms with Crippen LogP contribution >= 0.6 is 12.2 Å². The van der Waals surface area contributed by atoms with Gasteiger partial charge in [-0.1, -0.05) is 37.3 Å². The van der Waals surface area contributed by atoms with Crippen molar-refractivity contribution in [2.24, 2.45) is 5.73 Å². The zero-order chi connectivity index (χ0) is 12.2. The molecule has 0 aliphatic rings. The van der Waals surface area contributed by atoms with Crippen molar-refractivity contribution in [3.8, 4) is 0 Å². The van der Waals surface area contributed by atoms with Crippen molar-refractivity contribution in [2.45, 2.75) is 24.3 Å². The molecule has 0 fully saturated rings. The number of rotatable bonds is 5. The lowest BCUT2D eigenvalue weighted by molar-refractivity contribution is 0.572. The van der Waals surface area contributed by atoms with E-state index in [9.17, 15) is 8.42 Å². The van der Waals surface area contributed by atoms with Gasteiger partial charge in [0.05, 0.1) is 15.9 Å². The third-order valence-corrected chi connectivity index (χ3v) is 3.87. The van der Waals surface area contributed by atoms with E-state index in [0.717, 1.165) is 0 Å². The molecule has 16 heavy (non-hydrogen) atoms. The second kappa shape index (κ2) is 5.38. The highest BCUT2D eigenvalue weighted by Crippen LogP contribution is 2.08. The van der Waals surface area contributed by atoms with E-state index in [1.54, 1.807) is 18.2 Å². The van der Waals surface area contributed by atoms with Crippen molar-refractivity contribution in [3.05, 3.63) is 30.3 Å². The Morgan fingerprint density at radius 2 is 2.00 bits per heavy atom. The molecule has 0 heterocycles. The topological polar surface area (TPSA) is 72.2 Å². The summed E-state index contributed by atoms with van der Waals surface area (Å²) >= 11 is 4.78. The first kappa shape index (κ1) is 13.1. The number of hydrogen-bond acceptors (Lipinski definition) is 3. The lowest BCUT2D eigenvalue weighted by Crippen LogP contribution is -2.42. The van der Waals surface area contributed by atoms with E-state index in [4.69, 9.17) is 18.0 Å². The van der Waals surface area contributed by atoms with Gasteiger partial charge in [0.15, 0.2) is 0 Å². The molecule has 3 N–H and O–H groups in total. The van der Waals surface area contributed by atoms with Crippen LogP contribution in [-0.4, -0.2) is 19.4 Å². The second-order valence-corrected chi connectivity index (χ2v) is 5.48. The average Bonchev–Trinajstić information content (AvgIpc) is 2.27. The molecule has 0 bridgehead atoms. The molecule has 0 spiro atoms. The number of thiocarbonyl (C=S) groups is 1. The Morgan fingerprint density at radius 3 is 2.44 bits per heavy atom. The lowest BCUT2D eigenvalue weighted by Gasteiger charge is -2.15. The summed E-state index contributed by atoms with van der Waals surface area (Å²) in [6.45, 7) is 1.82. The first-order valence-electron chi connectivity index (χ1n) is 4.84. The summed E-state index contributed by atoms with van der Waals surface area (Å²) in [7, 11) is -3.53. The third-order valence-electron chi connectivity index (χ3n) is 2.10. The van der Waals surface area contributed by atoms with E-state index in [1.165, 1.54) is 12.1 Å². The maximum absolute atomic E-state index is 11.9. The number of nitrogens with two attached hydrogens (primary N) is 1. The Kier molecular flexibility index (Phi) is 4.40. The molecule has 1 aromatic carbocycles. The van der Waals surface area contributed by atoms with E-state index in [0.29, 0.717) is 6.42 Å². The Morgan fingerprint density at radius 1 is 1.44 bits per heavy atom. The molecular weight excluding hydrogens is 244 g/mol. The minimum atomic E-state index is -3.53. The van der Waals surface area contributed by atoms with Crippen LogP contribution in [0, 0.1) is 0 Å². The first-order chi connectivity index (χ1) is 7.47. The van der Waals surface area contributed by atoms with Crippen molar-refractivity contribution in [2.75, 3.05) is 0 Å². The summed E-state index contributed by atoms with van der Waals surface area (Å²) in [5, 5.41) is 0. The van der Waals surface area contributed by atoms with Crippen LogP contribution in [0.15, 0.2) is 35.2 Å². The summed E-state index contributed by atoms with van der Waals surface area (Å²) in [4.78, 5) is 0.367. The van der Waals surface area contributed by atoms with Gasteiger partial charge >= 0.3 is 0 Å². The fraction of sp³-hybridized carbons (Fsp3) is 0.300. The highest BCUT2D eigenvalue weighted by Gasteiger charge is 2.19. The number of hydrogen-bond donors (Lipinski definition) is 2. The largest absolute Gasteiger partial charge is 0.392 e. The maximum atomic E-state index is 11.9.